The SMILES string of the molecule is O=C(CCCc1ccsc1)Cc1ccccn1. The summed E-state index contributed by atoms with van der Waals surface area (Å²) >= 11 is 1.71. The van der Waals surface area contributed by atoms with Gasteiger partial charge in [0.1, 0.15) is 5.78 Å². The highest BCUT2D eigenvalue weighted by Gasteiger charge is 2.04. The van der Waals surface area contributed by atoms with Gasteiger partial charge >= 0.3 is 0 Å². The molecule has 0 N–H and O–H groups in total. The van der Waals surface area contributed by atoms with Crippen LogP contribution in [0.25, 0.3) is 0 Å². The highest BCUT2D eigenvalue weighted by molar-refractivity contribution is 7.07. The number of carbonyl (C=O) groups excluding carboxylic acids is 1. The van der Waals surface area contributed by atoms with Crippen LogP contribution in [0.1, 0.15) is 24.1 Å². The molecule has 17 heavy (non-hydrogen) atoms. The molecular weight excluding hydrogens is 230 g/mol. The molecule has 2 aromatic rings. The fourth-order valence-corrected chi connectivity index (χ4v) is 2.42. The van der Waals surface area contributed by atoms with Crippen LogP contribution >= 0.6 is 11.3 Å². The van der Waals surface area contributed by atoms with Crippen LogP contribution in [0, 0.1) is 0 Å². The van der Waals surface area contributed by atoms with Crippen LogP contribution in [0.3, 0.4) is 0 Å². The van der Waals surface area contributed by atoms with Crippen molar-refractivity contribution < 1.29 is 4.79 Å². The zero-order valence-electron chi connectivity index (χ0n) is 9.63. The number of rotatable bonds is 6. The van der Waals surface area contributed by atoms with E-state index < -0.39 is 0 Å². The fourth-order valence-electron chi connectivity index (χ4n) is 1.72. The molecule has 0 aliphatic rings. The van der Waals surface area contributed by atoms with Crippen molar-refractivity contribution >= 4 is 17.1 Å². The maximum absolute atomic E-state index is 11.7. The van der Waals surface area contributed by atoms with Crippen LogP contribution in [-0.4, -0.2) is 10.8 Å². The van der Waals surface area contributed by atoms with E-state index >= 15 is 0 Å². The molecule has 0 aromatic carbocycles. The molecule has 2 aromatic heterocycles. The van der Waals surface area contributed by atoms with Gasteiger partial charge in [-0.3, -0.25) is 9.78 Å². The van der Waals surface area contributed by atoms with Crippen molar-refractivity contribution in [1.29, 1.82) is 0 Å². The van der Waals surface area contributed by atoms with E-state index in [0.29, 0.717) is 12.8 Å². The normalized spacial score (nSPS) is 10.4. The van der Waals surface area contributed by atoms with Crippen molar-refractivity contribution in [3.63, 3.8) is 0 Å². The molecule has 2 nitrogen and oxygen atoms in total. The fraction of sp³-hybridized carbons (Fsp3) is 0.286. The van der Waals surface area contributed by atoms with Gasteiger partial charge in [-0.15, -0.1) is 0 Å². The van der Waals surface area contributed by atoms with Crippen molar-refractivity contribution in [2.45, 2.75) is 25.7 Å². The van der Waals surface area contributed by atoms with Gasteiger partial charge in [-0.05, 0) is 47.4 Å². The first-order chi connectivity index (χ1) is 8.34. The molecule has 0 radical (unpaired) electrons. The molecule has 3 heteroatoms. The number of carbonyl (C=O) groups is 1. The van der Waals surface area contributed by atoms with Gasteiger partial charge in [0.25, 0.3) is 0 Å². The summed E-state index contributed by atoms with van der Waals surface area (Å²) in [4.78, 5) is 15.9. The van der Waals surface area contributed by atoms with Crippen molar-refractivity contribution in [3.8, 4) is 0 Å². The maximum atomic E-state index is 11.7. The van der Waals surface area contributed by atoms with Crippen LogP contribution in [0.15, 0.2) is 41.2 Å². The predicted molar refractivity (Wildman–Crippen MR) is 70.2 cm³/mol. The zero-order valence-corrected chi connectivity index (χ0v) is 10.5. The second-order valence-electron chi connectivity index (χ2n) is 4.02. The van der Waals surface area contributed by atoms with Crippen molar-refractivity contribution in [1.82, 2.24) is 4.98 Å². The lowest BCUT2D eigenvalue weighted by Crippen LogP contribution is -2.04. The molecule has 0 saturated heterocycles. The standard InChI is InChI=1S/C14H15NOS/c16-14(10-13-5-1-2-8-15-13)6-3-4-12-7-9-17-11-12/h1-2,5,7-9,11H,3-4,6,10H2. The van der Waals surface area contributed by atoms with Gasteiger partial charge in [-0.1, -0.05) is 6.07 Å². The Labute approximate surface area is 105 Å². The van der Waals surface area contributed by atoms with Crippen molar-refractivity contribution in [2.24, 2.45) is 0 Å². The lowest BCUT2D eigenvalue weighted by Gasteiger charge is -2.00. The van der Waals surface area contributed by atoms with Gasteiger partial charge in [0, 0.05) is 24.7 Å². The zero-order chi connectivity index (χ0) is 11.9. The summed E-state index contributed by atoms with van der Waals surface area (Å²) in [6.07, 6.45) is 4.77. The minimum Gasteiger partial charge on any atom is -0.299 e. The lowest BCUT2D eigenvalue weighted by molar-refractivity contribution is -0.118. The third-order valence-corrected chi connectivity index (χ3v) is 3.34. The molecule has 0 aliphatic heterocycles. The Morgan fingerprint density at radius 3 is 2.94 bits per heavy atom. The Bertz CT molecular complexity index is 450. The van der Waals surface area contributed by atoms with Gasteiger partial charge in [-0.25, -0.2) is 0 Å². The highest BCUT2D eigenvalue weighted by Crippen LogP contribution is 2.10. The third-order valence-electron chi connectivity index (χ3n) is 2.61. The van der Waals surface area contributed by atoms with Gasteiger partial charge in [-0.2, -0.15) is 11.3 Å². The van der Waals surface area contributed by atoms with Crippen LogP contribution in [0.4, 0.5) is 0 Å². The van der Waals surface area contributed by atoms with Crippen molar-refractivity contribution in [3.05, 3.63) is 52.5 Å². The molecular formula is C14H15NOS. The number of Topliss-reactive ketones (excluding diaryl/α,β-unsaturated/α-hetero) is 1. The van der Waals surface area contributed by atoms with Crippen LogP contribution in [-0.2, 0) is 17.6 Å². The summed E-state index contributed by atoms with van der Waals surface area (Å²) < 4.78 is 0. The van der Waals surface area contributed by atoms with E-state index in [4.69, 9.17) is 0 Å². The summed E-state index contributed by atoms with van der Waals surface area (Å²) in [5, 5.41) is 4.22. The molecule has 0 saturated carbocycles. The van der Waals surface area contributed by atoms with E-state index in [-0.39, 0.29) is 5.78 Å². The Hall–Kier alpha value is -1.48. The molecule has 0 aliphatic carbocycles. The Morgan fingerprint density at radius 2 is 2.24 bits per heavy atom. The van der Waals surface area contributed by atoms with Crippen LogP contribution in [0.2, 0.25) is 0 Å². The number of hydrogen-bond acceptors (Lipinski definition) is 3. The molecule has 0 unspecified atom stereocenters. The average molecular weight is 245 g/mol. The second-order valence-corrected chi connectivity index (χ2v) is 4.80. The topological polar surface area (TPSA) is 30.0 Å². The maximum Gasteiger partial charge on any atom is 0.138 e. The monoisotopic (exact) mass is 245 g/mol. The Morgan fingerprint density at radius 1 is 1.29 bits per heavy atom. The summed E-state index contributed by atoms with van der Waals surface area (Å²) in [5.74, 6) is 0.277. The number of aromatic nitrogens is 1. The number of pyridine rings is 1. The summed E-state index contributed by atoms with van der Waals surface area (Å²) in [5.41, 5.74) is 2.20. The average Bonchev–Trinajstić information content (AvgIpc) is 2.83. The number of aryl methyl sites for hydroxylation is 1. The molecule has 88 valence electrons. The summed E-state index contributed by atoms with van der Waals surface area (Å²) in [6, 6.07) is 7.80. The Balaban J connectivity index is 1.71. The highest BCUT2D eigenvalue weighted by atomic mass is 32.1. The van der Waals surface area contributed by atoms with E-state index in [9.17, 15) is 4.79 Å². The van der Waals surface area contributed by atoms with Gasteiger partial charge in [0.2, 0.25) is 0 Å². The summed E-state index contributed by atoms with van der Waals surface area (Å²) in [7, 11) is 0. The largest absolute Gasteiger partial charge is 0.299 e. The number of thiophene rings is 1. The first-order valence-electron chi connectivity index (χ1n) is 5.77. The molecule has 0 bridgehead atoms. The number of ketones is 1. The Kier molecular flexibility index (Phi) is 4.45. The van der Waals surface area contributed by atoms with E-state index in [1.807, 2.05) is 18.2 Å². The molecule has 0 spiro atoms. The van der Waals surface area contributed by atoms with Gasteiger partial charge in [0.15, 0.2) is 0 Å². The van der Waals surface area contributed by atoms with Crippen molar-refractivity contribution in [2.75, 3.05) is 0 Å². The molecule has 2 rings (SSSR count). The second kappa shape index (κ2) is 6.30. The summed E-state index contributed by atoms with van der Waals surface area (Å²) in [6.45, 7) is 0. The van der Waals surface area contributed by atoms with E-state index in [1.165, 1.54) is 5.56 Å². The molecule has 0 atom stereocenters. The smallest absolute Gasteiger partial charge is 0.138 e. The van der Waals surface area contributed by atoms with Gasteiger partial charge in [0.05, 0.1) is 0 Å². The third kappa shape index (κ3) is 4.11. The van der Waals surface area contributed by atoms with Crippen LogP contribution in [0.5, 0.6) is 0 Å². The minimum absolute atomic E-state index is 0.277. The van der Waals surface area contributed by atoms with Crippen LogP contribution < -0.4 is 0 Å². The van der Waals surface area contributed by atoms with E-state index in [1.54, 1.807) is 17.5 Å². The first kappa shape index (κ1) is 12.0. The lowest BCUT2D eigenvalue weighted by atomic mass is 10.1. The molecule has 0 amide bonds. The number of hydrogen-bond donors (Lipinski definition) is 0. The van der Waals surface area contributed by atoms with Gasteiger partial charge < -0.3 is 0 Å². The predicted octanol–water partition coefficient (Wildman–Crippen LogP) is 3.28. The van der Waals surface area contributed by atoms with E-state index in [0.717, 1.165) is 18.5 Å². The molecule has 2 heterocycles. The minimum atomic E-state index is 0.277. The molecule has 0 fully saturated rings. The quantitative estimate of drug-likeness (QED) is 0.781. The van der Waals surface area contributed by atoms with E-state index in [2.05, 4.69) is 21.8 Å². The number of nitrogens with zero attached hydrogens (tertiary/aromatic N) is 1. The first-order valence-corrected chi connectivity index (χ1v) is 6.71.